The number of amides is 2. The lowest BCUT2D eigenvalue weighted by Crippen LogP contribution is -2.47. The highest BCUT2D eigenvalue weighted by atomic mass is 127. The Balaban J connectivity index is 0.00000240. The standard InChI is InChI=1S/C23H27N3O2.HI/c1-15-4-9-21-19(12-15)20-14-25(3)11-10-22(20)26(21)23(28)18-7-5-17(6-8-18)13-24-16(2)27;/h4-9,12,20,22H,10-11,13-14H2,1-3H3,(H,24,27);1H/t20-,22-;/m0./s1. The molecule has 2 aliphatic heterocycles. The third kappa shape index (κ3) is 4.33. The highest BCUT2D eigenvalue weighted by molar-refractivity contribution is 14.0. The van der Waals surface area contributed by atoms with Crippen LogP contribution in [0.2, 0.25) is 0 Å². The van der Waals surface area contributed by atoms with Gasteiger partial charge in [0.25, 0.3) is 5.91 Å². The van der Waals surface area contributed by atoms with E-state index in [1.807, 2.05) is 29.2 Å². The Labute approximate surface area is 189 Å². The van der Waals surface area contributed by atoms with Crippen molar-refractivity contribution in [2.24, 2.45) is 0 Å². The molecule has 1 saturated heterocycles. The summed E-state index contributed by atoms with van der Waals surface area (Å²) in [6.45, 7) is 6.09. The molecule has 0 spiro atoms. The molecule has 6 heteroatoms. The summed E-state index contributed by atoms with van der Waals surface area (Å²) >= 11 is 0. The molecule has 154 valence electrons. The van der Waals surface area contributed by atoms with Gasteiger partial charge in [0.15, 0.2) is 0 Å². The lowest BCUT2D eigenvalue weighted by atomic mass is 9.88. The van der Waals surface area contributed by atoms with Crippen LogP contribution >= 0.6 is 24.0 Å². The van der Waals surface area contributed by atoms with E-state index in [9.17, 15) is 9.59 Å². The Kier molecular flexibility index (Phi) is 6.63. The zero-order chi connectivity index (χ0) is 19.8. The fourth-order valence-corrected chi connectivity index (χ4v) is 4.48. The molecule has 2 aromatic carbocycles. The molecule has 2 aromatic rings. The van der Waals surface area contributed by atoms with E-state index in [1.54, 1.807) is 0 Å². The van der Waals surface area contributed by atoms with Crippen molar-refractivity contribution in [2.45, 2.75) is 38.8 Å². The number of hydrogen-bond acceptors (Lipinski definition) is 3. The molecule has 0 saturated carbocycles. The van der Waals surface area contributed by atoms with Crippen LogP contribution in [0.5, 0.6) is 0 Å². The maximum atomic E-state index is 13.5. The SMILES string of the molecule is CC(=O)NCc1ccc(C(=O)N2c3ccc(C)cc3[C@@H]3CN(C)CC[C@@H]32)cc1.I. The third-order valence-electron chi connectivity index (χ3n) is 5.91. The van der Waals surface area contributed by atoms with Crippen LogP contribution in [-0.4, -0.2) is 42.9 Å². The summed E-state index contributed by atoms with van der Waals surface area (Å²) in [7, 11) is 2.16. The van der Waals surface area contributed by atoms with Gasteiger partial charge in [0, 0.05) is 43.2 Å². The largest absolute Gasteiger partial charge is 0.352 e. The third-order valence-corrected chi connectivity index (χ3v) is 5.91. The van der Waals surface area contributed by atoms with Gasteiger partial charge in [-0.05, 0) is 56.3 Å². The first-order valence-corrected chi connectivity index (χ1v) is 9.90. The van der Waals surface area contributed by atoms with Crippen molar-refractivity contribution >= 4 is 41.5 Å². The number of anilines is 1. The van der Waals surface area contributed by atoms with Gasteiger partial charge in [0.1, 0.15) is 0 Å². The van der Waals surface area contributed by atoms with Crippen LogP contribution < -0.4 is 10.2 Å². The van der Waals surface area contributed by atoms with Gasteiger partial charge in [-0.1, -0.05) is 29.8 Å². The molecule has 2 heterocycles. The van der Waals surface area contributed by atoms with Crippen molar-refractivity contribution in [1.29, 1.82) is 0 Å². The monoisotopic (exact) mass is 505 g/mol. The molecule has 2 aliphatic rings. The normalized spacial score (nSPS) is 20.4. The number of aryl methyl sites for hydroxylation is 1. The summed E-state index contributed by atoms with van der Waals surface area (Å²) in [6.07, 6.45) is 0.987. The topological polar surface area (TPSA) is 52.7 Å². The van der Waals surface area contributed by atoms with Crippen molar-refractivity contribution in [3.05, 3.63) is 64.7 Å². The highest BCUT2D eigenvalue weighted by Gasteiger charge is 2.44. The first-order chi connectivity index (χ1) is 13.4. The van der Waals surface area contributed by atoms with Crippen LogP contribution in [0.4, 0.5) is 5.69 Å². The lowest BCUT2D eigenvalue weighted by molar-refractivity contribution is -0.119. The zero-order valence-electron chi connectivity index (χ0n) is 17.1. The minimum atomic E-state index is -0.0579. The van der Waals surface area contributed by atoms with Crippen LogP contribution in [0.15, 0.2) is 42.5 Å². The minimum Gasteiger partial charge on any atom is -0.352 e. The predicted molar refractivity (Wildman–Crippen MR) is 126 cm³/mol. The second-order valence-corrected chi connectivity index (χ2v) is 8.07. The molecule has 5 nitrogen and oxygen atoms in total. The maximum absolute atomic E-state index is 13.5. The number of benzene rings is 2. The molecular weight excluding hydrogens is 477 g/mol. The molecule has 0 radical (unpaired) electrons. The van der Waals surface area contributed by atoms with Crippen LogP contribution in [-0.2, 0) is 11.3 Å². The van der Waals surface area contributed by atoms with Crippen LogP contribution in [0.25, 0.3) is 0 Å². The molecule has 0 bridgehead atoms. The Bertz CT molecular complexity index is 913. The van der Waals surface area contributed by atoms with E-state index in [-0.39, 0.29) is 41.8 Å². The number of carbonyl (C=O) groups excluding carboxylic acids is 2. The van der Waals surface area contributed by atoms with Gasteiger partial charge in [0.2, 0.25) is 5.91 Å². The van der Waals surface area contributed by atoms with Gasteiger partial charge in [-0.2, -0.15) is 0 Å². The number of rotatable bonds is 3. The van der Waals surface area contributed by atoms with Crippen LogP contribution in [0.3, 0.4) is 0 Å². The van der Waals surface area contributed by atoms with E-state index in [0.29, 0.717) is 18.0 Å². The predicted octanol–water partition coefficient (Wildman–Crippen LogP) is 3.70. The van der Waals surface area contributed by atoms with Crippen molar-refractivity contribution in [1.82, 2.24) is 10.2 Å². The summed E-state index contributed by atoms with van der Waals surface area (Å²) in [6, 6.07) is 14.2. The van der Waals surface area contributed by atoms with Crippen LogP contribution in [0, 0.1) is 6.92 Å². The van der Waals surface area contributed by atoms with Gasteiger partial charge in [-0.15, -0.1) is 24.0 Å². The summed E-state index contributed by atoms with van der Waals surface area (Å²) in [5.41, 5.74) is 5.27. The summed E-state index contributed by atoms with van der Waals surface area (Å²) < 4.78 is 0. The molecular formula is C23H28IN3O2. The number of likely N-dealkylation sites (tertiary alicyclic amines) is 1. The summed E-state index contributed by atoms with van der Waals surface area (Å²) in [4.78, 5) is 28.9. The number of piperidine rings is 1. The molecule has 29 heavy (non-hydrogen) atoms. The second kappa shape index (κ2) is 8.83. The van der Waals surface area contributed by atoms with E-state index in [4.69, 9.17) is 0 Å². The molecule has 0 aromatic heterocycles. The Morgan fingerprint density at radius 2 is 1.86 bits per heavy atom. The first-order valence-electron chi connectivity index (χ1n) is 9.90. The van der Waals surface area contributed by atoms with Crippen molar-refractivity contribution < 1.29 is 9.59 Å². The quantitative estimate of drug-likeness (QED) is 0.648. The van der Waals surface area contributed by atoms with Gasteiger partial charge in [0.05, 0.1) is 0 Å². The molecule has 4 rings (SSSR count). The average Bonchev–Trinajstić information content (AvgIpc) is 2.99. The van der Waals surface area contributed by atoms with E-state index < -0.39 is 0 Å². The van der Waals surface area contributed by atoms with E-state index in [1.165, 1.54) is 18.1 Å². The first kappa shape index (κ1) is 21.8. The number of nitrogens with one attached hydrogen (secondary N) is 1. The number of hydrogen-bond donors (Lipinski definition) is 1. The molecule has 0 aliphatic carbocycles. The number of likely N-dealkylation sites (N-methyl/N-ethyl adjacent to an activating group) is 1. The fourth-order valence-electron chi connectivity index (χ4n) is 4.48. The molecule has 2 amide bonds. The smallest absolute Gasteiger partial charge is 0.258 e. The zero-order valence-corrected chi connectivity index (χ0v) is 19.5. The van der Waals surface area contributed by atoms with E-state index in [2.05, 4.69) is 42.4 Å². The van der Waals surface area contributed by atoms with Gasteiger partial charge in [-0.25, -0.2) is 0 Å². The van der Waals surface area contributed by atoms with E-state index in [0.717, 1.165) is 30.8 Å². The Hall–Kier alpha value is -1.93. The second-order valence-electron chi connectivity index (χ2n) is 8.07. The molecule has 2 atom stereocenters. The fraction of sp³-hybridized carbons (Fsp3) is 0.391. The van der Waals surface area contributed by atoms with Gasteiger partial charge >= 0.3 is 0 Å². The summed E-state index contributed by atoms with van der Waals surface area (Å²) in [5, 5.41) is 2.79. The van der Waals surface area contributed by atoms with Crippen molar-refractivity contribution in [3.8, 4) is 0 Å². The average molecular weight is 505 g/mol. The molecule has 1 fully saturated rings. The maximum Gasteiger partial charge on any atom is 0.258 e. The van der Waals surface area contributed by atoms with Gasteiger partial charge < -0.3 is 15.1 Å². The number of nitrogens with zero attached hydrogens (tertiary/aromatic N) is 2. The number of carbonyl (C=O) groups is 2. The van der Waals surface area contributed by atoms with Crippen molar-refractivity contribution in [2.75, 3.05) is 25.0 Å². The number of halogens is 1. The Morgan fingerprint density at radius 1 is 1.14 bits per heavy atom. The summed E-state index contributed by atoms with van der Waals surface area (Å²) in [5.74, 6) is 0.377. The number of fused-ring (bicyclic) bond motifs is 3. The minimum absolute atomic E-state index is 0. The van der Waals surface area contributed by atoms with E-state index >= 15 is 0 Å². The Morgan fingerprint density at radius 3 is 2.55 bits per heavy atom. The van der Waals surface area contributed by atoms with Gasteiger partial charge in [-0.3, -0.25) is 9.59 Å². The molecule has 1 N–H and O–H groups in total. The van der Waals surface area contributed by atoms with Crippen LogP contribution in [0.1, 0.15) is 46.3 Å². The lowest BCUT2D eigenvalue weighted by Gasteiger charge is -2.36. The molecule has 0 unspecified atom stereocenters. The highest BCUT2D eigenvalue weighted by Crippen LogP contribution is 2.45. The van der Waals surface area contributed by atoms with Crippen molar-refractivity contribution in [3.63, 3.8) is 0 Å².